The summed E-state index contributed by atoms with van der Waals surface area (Å²) in [6.07, 6.45) is 5.11. The van der Waals surface area contributed by atoms with E-state index in [1.54, 1.807) is 0 Å². The molecule has 0 saturated carbocycles. The Bertz CT molecular complexity index is 637. The van der Waals surface area contributed by atoms with E-state index in [1.165, 1.54) is 6.08 Å². The second kappa shape index (κ2) is 7.25. The van der Waals surface area contributed by atoms with Gasteiger partial charge in [0.1, 0.15) is 12.2 Å². The molecule has 0 radical (unpaired) electrons. The fourth-order valence-electron chi connectivity index (χ4n) is 4.29. The maximum Gasteiger partial charge on any atom is 0.345 e. The van der Waals surface area contributed by atoms with Crippen LogP contribution >= 0.6 is 0 Å². The Morgan fingerprint density at radius 1 is 1.35 bits per heavy atom. The molecule has 2 heterocycles. The summed E-state index contributed by atoms with van der Waals surface area (Å²) in [4.78, 5) is 27.1. The number of carbonyl (C=O) groups is 2. The van der Waals surface area contributed by atoms with Crippen molar-refractivity contribution in [3.05, 3.63) is 23.3 Å². The lowest BCUT2D eigenvalue weighted by Gasteiger charge is -2.38. The number of allylic oxidation sites excluding steroid dienone is 3. The van der Waals surface area contributed by atoms with Crippen molar-refractivity contribution in [2.45, 2.75) is 82.3 Å². The molecule has 144 valence electrons. The van der Waals surface area contributed by atoms with E-state index in [4.69, 9.17) is 4.74 Å². The van der Waals surface area contributed by atoms with Crippen molar-refractivity contribution in [1.29, 1.82) is 0 Å². The fraction of sp³-hybridized carbons (Fsp3) is 0.700. The van der Waals surface area contributed by atoms with Crippen LogP contribution in [0.3, 0.4) is 0 Å². The minimum atomic E-state index is -2.15. The second-order valence-electron chi connectivity index (χ2n) is 8.17. The number of hydrogen-bond acceptors (Lipinski definition) is 6. The van der Waals surface area contributed by atoms with Gasteiger partial charge in [0.25, 0.3) is 0 Å². The minimum absolute atomic E-state index is 0.246. The quantitative estimate of drug-likeness (QED) is 0.581. The number of ketones is 1. The van der Waals surface area contributed by atoms with Crippen molar-refractivity contribution >= 4 is 11.8 Å². The van der Waals surface area contributed by atoms with Gasteiger partial charge in [-0.1, -0.05) is 11.6 Å². The highest BCUT2D eigenvalue weighted by Gasteiger charge is 2.49. The number of fused-ring (bicyclic) bond motifs is 2. The Labute approximate surface area is 154 Å². The number of rotatable bonds is 4. The lowest BCUT2D eigenvalue weighted by atomic mass is 9.82. The SMILES string of the molecule is CC(C)=CCC1=C[C@](O)(C(=O)OC2C[C@H]3CC[C@@H](C2)N3C)[C@H](O)CC1=O. The molecule has 1 unspecified atom stereocenters. The second-order valence-corrected chi connectivity index (χ2v) is 8.17. The van der Waals surface area contributed by atoms with E-state index in [0.717, 1.165) is 31.3 Å². The number of esters is 1. The summed E-state index contributed by atoms with van der Waals surface area (Å²) in [6.45, 7) is 3.83. The van der Waals surface area contributed by atoms with Gasteiger partial charge in [0.2, 0.25) is 5.60 Å². The number of Topliss-reactive ketones (excluding diaryl/α,β-unsaturated/α-hetero) is 1. The van der Waals surface area contributed by atoms with Gasteiger partial charge in [-0.3, -0.25) is 4.79 Å². The zero-order valence-electron chi connectivity index (χ0n) is 15.8. The highest BCUT2D eigenvalue weighted by molar-refractivity contribution is 6.00. The third-order valence-electron chi connectivity index (χ3n) is 6.03. The van der Waals surface area contributed by atoms with Crippen LogP contribution in [0.1, 0.15) is 52.4 Å². The monoisotopic (exact) mass is 363 g/mol. The molecule has 2 bridgehead atoms. The van der Waals surface area contributed by atoms with Gasteiger partial charge < -0.3 is 19.8 Å². The van der Waals surface area contributed by atoms with Crippen LogP contribution in [-0.2, 0) is 14.3 Å². The lowest BCUT2D eigenvalue weighted by Crippen LogP contribution is -2.54. The van der Waals surface area contributed by atoms with Gasteiger partial charge in [-0.25, -0.2) is 4.79 Å². The van der Waals surface area contributed by atoms with Crippen LogP contribution in [-0.4, -0.2) is 63.8 Å². The zero-order chi connectivity index (χ0) is 19.1. The van der Waals surface area contributed by atoms with E-state index in [1.807, 2.05) is 19.9 Å². The Hall–Kier alpha value is -1.50. The van der Waals surface area contributed by atoms with E-state index >= 15 is 0 Å². The van der Waals surface area contributed by atoms with E-state index in [-0.39, 0.29) is 18.3 Å². The molecule has 2 aliphatic heterocycles. The predicted molar refractivity (Wildman–Crippen MR) is 96.4 cm³/mol. The van der Waals surface area contributed by atoms with Crippen LogP contribution < -0.4 is 0 Å². The molecule has 0 aromatic carbocycles. The van der Waals surface area contributed by atoms with E-state index in [9.17, 15) is 19.8 Å². The highest BCUT2D eigenvalue weighted by atomic mass is 16.6. The first kappa shape index (κ1) is 19.3. The number of piperidine rings is 1. The van der Waals surface area contributed by atoms with Gasteiger partial charge >= 0.3 is 5.97 Å². The molecular formula is C20H29NO5. The molecule has 3 aliphatic rings. The molecular weight excluding hydrogens is 334 g/mol. The molecule has 2 N–H and O–H groups in total. The molecule has 2 saturated heterocycles. The minimum Gasteiger partial charge on any atom is -0.460 e. The summed E-state index contributed by atoms with van der Waals surface area (Å²) in [7, 11) is 2.10. The number of aliphatic hydroxyl groups is 2. The highest BCUT2D eigenvalue weighted by Crippen LogP contribution is 2.37. The van der Waals surface area contributed by atoms with Gasteiger partial charge in [0.05, 0.1) is 0 Å². The molecule has 1 aliphatic carbocycles. The summed E-state index contributed by atoms with van der Waals surface area (Å²) >= 11 is 0. The number of ether oxygens (including phenoxy) is 1. The normalized spacial score (nSPS) is 37.3. The summed E-state index contributed by atoms with van der Waals surface area (Å²) in [6, 6.07) is 0.811. The molecule has 3 rings (SSSR count). The molecule has 6 nitrogen and oxygen atoms in total. The van der Waals surface area contributed by atoms with Gasteiger partial charge in [-0.2, -0.15) is 0 Å². The summed E-state index contributed by atoms with van der Waals surface area (Å²) in [5.41, 5.74) is -0.765. The van der Waals surface area contributed by atoms with E-state index < -0.39 is 17.7 Å². The number of aliphatic hydroxyl groups excluding tert-OH is 1. The molecule has 0 aromatic rings. The van der Waals surface area contributed by atoms with Crippen LogP contribution in [0.15, 0.2) is 23.3 Å². The smallest absolute Gasteiger partial charge is 0.345 e. The first-order valence-corrected chi connectivity index (χ1v) is 9.42. The van der Waals surface area contributed by atoms with E-state index in [0.29, 0.717) is 24.1 Å². The van der Waals surface area contributed by atoms with Gasteiger partial charge in [-0.05, 0) is 64.6 Å². The Balaban J connectivity index is 1.73. The molecule has 2 fully saturated rings. The summed E-state index contributed by atoms with van der Waals surface area (Å²) in [5.74, 6) is -1.09. The maximum atomic E-state index is 12.7. The van der Waals surface area contributed by atoms with Crippen molar-refractivity contribution in [3.8, 4) is 0 Å². The van der Waals surface area contributed by atoms with Crippen molar-refractivity contribution in [3.63, 3.8) is 0 Å². The number of nitrogens with zero attached hydrogens (tertiary/aromatic N) is 1. The predicted octanol–water partition coefficient (Wildman–Crippen LogP) is 1.50. The Morgan fingerprint density at radius 3 is 2.54 bits per heavy atom. The van der Waals surface area contributed by atoms with Crippen LogP contribution in [0.25, 0.3) is 0 Å². The third kappa shape index (κ3) is 3.63. The van der Waals surface area contributed by atoms with Gasteiger partial charge in [-0.15, -0.1) is 0 Å². The van der Waals surface area contributed by atoms with Crippen LogP contribution in [0.2, 0.25) is 0 Å². The number of carbonyl (C=O) groups excluding carboxylic acids is 2. The summed E-state index contributed by atoms with van der Waals surface area (Å²) < 4.78 is 5.60. The molecule has 0 spiro atoms. The van der Waals surface area contributed by atoms with E-state index in [2.05, 4.69) is 11.9 Å². The van der Waals surface area contributed by atoms with Crippen LogP contribution in [0.5, 0.6) is 0 Å². The average molecular weight is 363 g/mol. The van der Waals surface area contributed by atoms with Crippen LogP contribution in [0.4, 0.5) is 0 Å². The van der Waals surface area contributed by atoms with Crippen molar-refractivity contribution in [2.24, 2.45) is 0 Å². The van der Waals surface area contributed by atoms with Crippen molar-refractivity contribution in [1.82, 2.24) is 4.90 Å². The first-order valence-electron chi connectivity index (χ1n) is 9.42. The Morgan fingerprint density at radius 2 is 1.96 bits per heavy atom. The van der Waals surface area contributed by atoms with Crippen molar-refractivity contribution in [2.75, 3.05) is 7.05 Å². The number of hydrogen-bond donors (Lipinski definition) is 2. The largest absolute Gasteiger partial charge is 0.460 e. The fourth-order valence-corrected chi connectivity index (χ4v) is 4.29. The third-order valence-corrected chi connectivity index (χ3v) is 6.03. The lowest BCUT2D eigenvalue weighted by molar-refractivity contribution is -0.180. The van der Waals surface area contributed by atoms with Crippen molar-refractivity contribution < 1.29 is 24.5 Å². The standard InChI is InChI=1S/C20H29NO5/c1-12(2)4-5-13-11-20(25,18(23)10-17(13)22)19(24)26-16-8-14-6-7-15(9-16)21(14)3/h4,11,14-16,18,23,25H,5-10H2,1-3H3/t14-,15+,16?,18-,20-/m1/s1. The maximum absolute atomic E-state index is 12.7. The van der Waals surface area contributed by atoms with Crippen LogP contribution in [0, 0.1) is 0 Å². The molecule has 26 heavy (non-hydrogen) atoms. The van der Waals surface area contributed by atoms with Gasteiger partial charge in [0.15, 0.2) is 5.78 Å². The molecule has 0 amide bonds. The summed E-state index contributed by atoms with van der Waals surface area (Å²) in [5, 5.41) is 21.0. The van der Waals surface area contributed by atoms with Gasteiger partial charge in [0, 0.05) is 18.5 Å². The Kier molecular flexibility index (Phi) is 5.37. The molecule has 5 atom stereocenters. The molecule has 6 heteroatoms. The topological polar surface area (TPSA) is 87.1 Å². The zero-order valence-corrected chi connectivity index (χ0v) is 15.8. The first-order chi connectivity index (χ1) is 12.2. The molecule has 0 aromatic heterocycles. The average Bonchev–Trinajstić information content (AvgIpc) is 2.79.